The zero-order valence-corrected chi connectivity index (χ0v) is 15.2. The van der Waals surface area contributed by atoms with Gasteiger partial charge in [-0.1, -0.05) is 32.4 Å². The molecule has 4 atom stereocenters. The van der Waals surface area contributed by atoms with Gasteiger partial charge in [0, 0.05) is 6.42 Å². The van der Waals surface area contributed by atoms with Crippen LogP contribution in [-0.4, -0.2) is 46.1 Å². The Morgan fingerprint density at radius 2 is 1.65 bits per heavy atom. The molecule has 0 spiro atoms. The first-order chi connectivity index (χ1) is 12.1. The van der Waals surface area contributed by atoms with Crippen molar-refractivity contribution < 1.29 is 24.6 Å². The average molecular weight is 365 g/mol. The summed E-state index contributed by atoms with van der Waals surface area (Å²) in [6.07, 6.45) is 0.712. The van der Waals surface area contributed by atoms with Gasteiger partial charge < -0.3 is 26.6 Å². The molecule has 0 saturated carbocycles. The number of aromatic hydroxyl groups is 1. The molecule has 2 amide bonds. The summed E-state index contributed by atoms with van der Waals surface area (Å²) in [5.74, 6) is -2.43. The lowest BCUT2D eigenvalue weighted by molar-refractivity contribution is -0.143. The molecule has 8 heteroatoms. The predicted octanol–water partition coefficient (Wildman–Crippen LogP) is 0.382. The zero-order valence-electron chi connectivity index (χ0n) is 15.2. The number of amides is 2. The monoisotopic (exact) mass is 365 g/mol. The van der Waals surface area contributed by atoms with E-state index in [-0.39, 0.29) is 18.1 Å². The van der Waals surface area contributed by atoms with Crippen LogP contribution < -0.4 is 16.4 Å². The van der Waals surface area contributed by atoms with Crippen LogP contribution >= 0.6 is 0 Å². The van der Waals surface area contributed by atoms with Gasteiger partial charge in [-0.15, -0.1) is 0 Å². The Hall–Kier alpha value is -2.61. The fourth-order valence-corrected chi connectivity index (χ4v) is 2.32. The van der Waals surface area contributed by atoms with E-state index in [0.717, 1.165) is 0 Å². The third-order valence-electron chi connectivity index (χ3n) is 4.20. The molecule has 0 aromatic heterocycles. The summed E-state index contributed by atoms with van der Waals surface area (Å²) < 4.78 is 0. The maximum Gasteiger partial charge on any atom is 0.326 e. The third-order valence-corrected chi connectivity index (χ3v) is 4.20. The Labute approximate surface area is 152 Å². The molecule has 1 aromatic rings. The molecule has 144 valence electrons. The van der Waals surface area contributed by atoms with Gasteiger partial charge in [0.15, 0.2) is 0 Å². The first-order valence-corrected chi connectivity index (χ1v) is 8.52. The minimum atomic E-state index is -1.13. The van der Waals surface area contributed by atoms with E-state index in [0.29, 0.717) is 12.0 Å². The van der Waals surface area contributed by atoms with Crippen LogP contribution in [0.25, 0.3) is 0 Å². The van der Waals surface area contributed by atoms with Crippen molar-refractivity contribution in [1.29, 1.82) is 0 Å². The van der Waals surface area contributed by atoms with E-state index in [1.165, 1.54) is 19.1 Å². The lowest BCUT2D eigenvalue weighted by atomic mass is 9.98. The number of phenols is 1. The van der Waals surface area contributed by atoms with Crippen LogP contribution in [0.3, 0.4) is 0 Å². The number of aliphatic carboxylic acids is 1. The van der Waals surface area contributed by atoms with Crippen molar-refractivity contribution in [2.45, 2.75) is 51.7 Å². The minimum Gasteiger partial charge on any atom is -0.508 e. The summed E-state index contributed by atoms with van der Waals surface area (Å²) >= 11 is 0. The second-order valence-electron chi connectivity index (χ2n) is 6.43. The molecule has 1 aromatic carbocycles. The molecule has 0 bridgehead atoms. The van der Waals surface area contributed by atoms with Gasteiger partial charge in [-0.2, -0.15) is 0 Å². The Morgan fingerprint density at radius 3 is 2.12 bits per heavy atom. The highest BCUT2D eigenvalue weighted by Crippen LogP contribution is 2.13. The topological polar surface area (TPSA) is 142 Å². The van der Waals surface area contributed by atoms with Gasteiger partial charge in [0.05, 0.1) is 6.04 Å². The number of hydrogen-bond donors (Lipinski definition) is 5. The maximum atomic E-state index is 12.6. The second kappa shape index (κ2) is 9.76. The molecule has 6 N–H and O–H groups in total. The van der Waals surface area contributed by atoms with Gasteiger partial charge in [0.1, 0.15) is 17.8 Å². The highest BCUT2D eigenvalue weighted by molar-refractivity contribution is 5.91. The molecule has 0 heterocycles. The normalized spacial score (nSPS) is 15.4. The molecule has 0 fully saturated rings. The van der Waals surface area contributed by atoms with Gasteiger partial charge in [-0.3, -0.25) is 9.59 Å². The molecule has 0 radical (unpaired) electrons. The van der Waals surface area contributed by atoms with E-state index < -0.39 is 35.9 Å². The quantitative estimate of drug-likeness (QED) is 0.428. The number of phenolic OH excluding ortho intramolecular Hbond substituents is 1. The minimum absolute atomic E-state index is 0.0806. The Balaban J connectivity index is 2.97. The molecule has 0 saturated heterocycles. The summed E-state index contributed by atoms with van der Waals surface area (Å²) in [6.45, 7) is 5.05. The molecule has 0 unspecified atom stereocenters. The predicted molar refractivity (Wildman–Crippen MR) is 96.4 cm³/mol. The van der Waals surface area contributed by atoms with E-state index in [9.17, 15) is 24.6 Å². The van der Waals surface area contributed by atoms with Gasteiger partial charge >= 0.3 is 5.97 Å². The molecule has 0 aliphatic heterocycles. The molecular weight excluding hydrogens is 338 g/mol. The maximum absolute atomic E-state index is 12.6. The van der Waals surface area contributed by atoms with Crippen LogP contribution in [0.4, 0.5) is 0 Å². The lowest BCUT2D eigenvalue weighted by Crippen LogP contribution is -2.56. The van der Waals surface area contributed by atoms with Crippen molar-refractivity contribution in [1.82, 2.24) is 10.6 Å². The first-order valence-electron chi connectivity index (χ1n) is 8.52. The molecule has 0 aliphatic rings. The standard InChI is InChI=1S/C18H27N3O5/c1-4-10(2)15(18(25)26)21-17(24)14(20-16(23)11(3)19)9-12-5-7-13(22)8-6-12/h5-8,10-11,14-15,22H,4,9,19H2,1-3H3,(H,20,23)(H,21,24)(H,25,26)/t10-,11-,14-,15-/m0/s1. The smallest absolute Gasteiger partial charge is 0.326 e. The summed E-state index contributed by atoms with van der Waals surface area (Å²) in [4.78, 5) is 36.0. The molecule has 1 rings (SSSR count). The van der Waals surface area contributed by atoms with Crippen molar-refractivity contribution >= 4 is 17.8 Å². The lowest BCUT2D eigenvalue weighted by Gasteiger charge is -2.25. The van der Waals surface area contributed by atoms with Crippen molar-refractivity contribution in [3.05, 3.63) is 29.8 Å². The van der Waals surface area contributed by atoms with E-state index >= 15 is 0 Å². The van der Waals surface area contributed by atoms with E-state index in [4.69, 9.17) is 5.73 Å². The number of hydrogen-bond acceptors (Lipinski definition) is 5. The number of carboxylic acids is 1. The molecule has 8 nitrogen and oxygen atoms in total. The van der Waals surface area contributed by atoms with Crippen LogP contribution in [0.15, 0.2) is 24.3 Å². The van der Waals surface area contributed by atoms with Crippen molar-refractivity contribution in [2.75, 3.05) is 0 Å². The van der Waals surface area contributed by atoms with Crippen molar-refractivity contribution in [2.24, 2.45) is 11.7 Å². The van der Waals surface area contributed by atoms with Gasteiger partial charge in [0.25, 0.3) is 0 Å². The van der Waals surface area contributed by atoms with Gasteiger partial charge in [0.2, 0.25) is 11.8 Å². The highest BCUT2D eigenvalue weighted by atomic mass is 16.4. The number of carboxylic acid groups (broad SMARTS) is 1. The van der Waals surface area contributed by atoms with Crippen molar-refractivity contribution in [3.63, 3.8) is 0 Å². The van der Waals surface area contributed by atoms with Crippen LogP contribution in [0, 0.1) is 5.92 Å². The number of benzene rings is 1. The van der Waals surface area contributed by atoms with Gasteiger partial charge in [-0.25, -0.2) is 4.79 Å². The molecule has 0 aliphatic carbocycles. The zero-order chi connectivity index (χ0) is 19.9. The van der Waals surface area contributed by atoms with Crippen molar-refractivity contribution in [3.8, 4) is 5.75 Å². The Kier molecular flexibility index (Phi) is 8.05. The average Bonchev–Trinajstić information content (AvgIpc) is 2.59. The van der Waals surface area contributed by atoms with E-state index in [2.05, 4.69) is 10.6 Å². The number of nitrogens with two attached hydrogens (primary N) is 1. The first kappa shape index (κ1) is 21.4. The SMILES string of the molecule is CC[C@H](C)[C@H](NC(=O)[C@H](Cc1ccc(O)cc1)NC(=O)[C@H](C)N)C(=O)O. The number of nitrogens with one attached hydrogen (secondary N) is 2. The summed E-state index contributed by atoms with van der Waals surface area (Å²) in [5.41, 5.74) is 6.24. The fourth-order valence-electron chi connectivity index (χ4n) is 2.32. The van der Waals surface area contributed by atoms with Crippen LogP contribution in [-0.2, 0) is 20.8 Å². The molecule has 26 heavy (non-hydrogen) atoms. The number of rotatable bonds is 9. The fraction of sp³-hybridized carbons (Fsp3) is 0.500. The summed E-state index contributed by atoms with van der Waals surface area (Å²) in [7, 11) is 0. The summed E-state index contributed by atoms with van der Waals surface area (Å²) in [6, 6.07) is 3.34. The summed E-state index contributed by atoms with van der Waals surface area (Å²) in [5, 5.41) is 23.8. The van der Waals surface area contributed by atoms with Crippen LogP contribution in [0.5, 0.6) is 5.75 Å². The third kappa shape index (κ3) is 6.36. The van der Waals surface area contributed by atoms with E-state index in [1.54, 1.807) is 19.1 Å². The molecular formula is C18H27N3O5. The largest absolute Gasteiger partial charge is 0.508 e. The number of carbonyl (C=O) groups is 3. The van der Waals surface area contributed by atoms with Crippen LogP contribution in [0.2, 0.25) is 0 Å². The van der Waals surface area contributed by atoms with E-state index in [1.807, 2.05) is 6.92 Å². The second-order valence-corrected chi connectivity index (χ2v) is 6.43. The number of carbonyl (C=O) groups excluding carboxylic acids is 2. The van der Waals surface area contributed by atoms with Gasteiger partial charge in [-0.05, 0) is 30.5 Å². The Morgan fingerprint density at radius 1 is 1.08 bits per heavy atom. The van der Waals surface area contributed by atoms with Crippen LogP contribution in [0.1, 0.15) is 32.8 Å². The Bertz CT molecular complexity index is 630. The highest BCUT2D eigenvalue weighted by Gasteiger charge is 2.30.